The van der Waals surface area contributed by atoms with E-state index in [1.54, 1.807) is 0 Å². The number of fused-ring (bicyclic) bond motifs is 1. The molecule has 6 heteroatoms. The average Bonchev–Trinajstić information content (AvgIpc) is 2.79. The lowest BCUT2D eigenvalue weighted by Crippen LogP contribution is -2.23. The van der Waals surface area contributed by atoms with E-state index in [-0.39, 0.29) is 17.5 Å². The van der Waals surface area contributed by atoms with Gasteiger partial charge in [-0.25, -0.2) is 0 Å². The summed E-state index contributed by atoms with van der Waals surface area (Å²) in [7, 11) is 0. The number of Topliss-reactive ketones (excluding diaryl/α,β-unsaturated/α-hetero) is 1. The number of thiazole rings is 1. The third kappa shape index (κ3) is 4.10. The van der Waals surface area contributed by atoms with Crippen LogP contribution in [0.1, 0.15) is 45.0 Å². The predicted molar refractivity (Wildman–Crippen MR) is 99.0 cm³/mol. The van der Waals surface area contributed by atoms with Crippen LogP contribution in [-0.4, -0.2) is 26.9 Å². The predicted octanol–water partition coefficient (Wildman–Crippen LogP) is 4.88. The summed E-state index contributed by atoms with van der Waals surface area (Å²) >= 11 is 3.48. The van der Waals surface area contributed by atoms with Gasteiger partial charge in [-0.2, -0.15) is 4.98 Å². The molecular formula is C16H20INO3S. The smallest absolute Gasteiger partial charge is 0.274 e. The first-order valence-corrected chi connectivity index (χ1v) is 9.44. The molecular weight excluding hydrogens is 413 g/mol. The molecule has 0 unspecified atom stereocenters. The Bertz CT molecular complexity index is 688. The number of hydrogen-bond donors (Lipinski definition) is 0. The Balaban J connectivity index is 2.59. The normalized spacial score (nSPS) is 12.0. The minimum Gasteiger partial charge on any atom is -0.486 e. The fraction of sp³-hybridized carbons (Fsp3) is 0.500. The second-order valence-corrected chi connectivity index (χ2v) is 7.93. The number of alkyl halides is 1. The van der Waals surface area contributed by atoms with Gasteiger partial charge < -0.3 is 9.47 Å². The topological polar surface area (TPSA) is 48.4 Å². The summed E-state index contributed by atoms with van der Waals surface area (Å²) in [6, 6.07) is 3.65. The van der Waals surface area contributed by atoms with Crippen molar-refractivity contribution in [1.82, 2.24) is 4.98 Å². The van der Waals surface area contributed by atoms with Crippen molar-refractivity contribution < 1.29 is 14.3 Å². The molecule has 0 spiro atoms. The largest absolute Gasteiger partial charge is 0.486 e. The van der Waals surface area contributed by atoms with E-state index in [9.17, 15) is 4.79 Å². The van der Waals surface area contributed by atoms with Crippen LogP contribution in [0.2, 0.25) is 0 Å². The van der Waals surface area contributed by atoms with Gasteiger partial charge in [0.05, 0.1) is 15.2 Å². The molecule has 0 N–H and O–H groups in total. The van der Waals surface area contributed by atoms with Crippen LogP contribution in [0.25, 0.3) is 10.2 Å². The number of hydrogen-bond acceptors (Lipinski definition) is 5. The molecule has 4 nitrogen and oxygen atoms in total. The van der Waals surface area contributed by atoms with Crippen LogP contribution in [0, 0.1) is 0 Å². The molecule has 0 aliphatic heterocycles. The number of nitrogens with zero attached hydrogens (tertiary/aromatic N) is 1. The summed E-state index contributed by atoms with van der Waals surface area (Å²) in [6.45, 7) is 9.87. The zero-order valence-electron chi connectivity index (χ0n) is 13.4. The van der Waals surface area contributed by atoms with E-state index in [4.69, 9.17) is 9.47 Å². The van der Waals surface area contributed by atoms with Gasteiger partial charge in [0.25, 0.3) is 5.19 Å². The Hall–Kier alpha value is -0.890. The molecule has 0 aliphatic carbocycles. The second kappa shape index (κ2) is 6.70. The Labute approximate surface area is 148 Å². The number of aromatic nitrogens is 1. The van der Waals surface area contributed by atoms with Crippen LogP contribution in [0.15, 0.2) is 12.1 Å². The van der Waals surface area contributed by atoms with E-state index >= 15 is 0 Å². The van der Waals surface area contributed by atoms with Crippen LogP contribution in [-0.2, 0) is 0 Å². The number of ketones is 1. The molecule has 1 aromatic carbocycles. The van der Waals surface area contributed by atoms with Crippen molar-refractivity contribution in [1.29, 1.82) is 0 Å². The van der Waals surface area contributed by atoms with Gasteiger partial charge in [-0.15, -0.1) is 0 Å². The van der Waals surface area contributed by atoms with Crippen molar-refractivity contribution in [2.24, 2.45) is 0 Å². The molecule has 0 amide bonds. The Morgan fingerprint density at radius 2 is 2.05 bits per heavy atom. The molecule has 0 radical (unpaired) electrons. The van der Waals surface area contributed by atoms with Gasteiger partial charge in [0.1, 0.15) is 16.9 Å². The molecule has 2 rings (SSSR count). The minimum atomic E-state index is -0.329. The number of benzene rings is 1. The number of ether oxygens (including phenoxy) is 2. The molecule has 2 aromatic rings. The molecule has 0 saturated carbocycles. The van der Waals surface area contributed by atoms with Gasteiger partial charge in [0.2, 0.25) is 0 Å². The van der Waals surface area contributed by atoms with Gasteiger partial charge >= 0.3 is 0 Å². The summed E-state index contributed by atoms with van der Waals surface area (Å²) in [5.41, 5.74) is 1.05. The fourth-order valence-electron chi connectivity index (χ4n) is 1.92. The first-order valence-electron chi connectivity index (χ1n) is 7.09. The summed E-state index contributed by atoms with van der Waals surface area (Å²) < 4.78 is 12.9. The number of carbonyl (C=O) groups excluding carboxylic acids is 1. The molecule has 0 fully saturated rings. The highest BCUT2D eigenvalue weighted by molar-refractivity contribution is 14.1. The van der Waals surface area contributed by atoms with Crippen molar-refractivity contribution in [3.63, 3.8) is 0 Å². The third-order valence-corrected chi connectivity index (χ3v) is 4.33. The third-order valence-electron chi connectivity index (χ3n) is 2.66. The first-order chi connectivity index (χ1) is 10.2. The highest BCUT2D eigenvalue weighted by Crippen LogP contribution is 2.38. The lowest BCUT2D eigenvalue weighted by molar-refractivity contribution is 0.102. The van der Waals surface area contributed by atoms with Gasteiger partial charge in [0, 0.05) is 5.56 Å². The minimum absolute atomic E-state index is 0.0382. The summed E-state index contributed by atoms with van der Waals surface area (Å²) in [6.07, 6.45) is 0.0382. The Morgan fingerprint density at radius 3 is 2.59 bits per heavy atom. The van der Waals surface area contributed by atoms with Crippen molar-refractivity contribution in [3.05, 3.63) is 17.7 Å². The van der Waals surface area contributed by atoms with Crippen LogP contribution >= 0.6 is 33.9 Å². The van der Waals surface area contributed by atoms with Crippen LogP contribution in [0.4, 0.5) is 0 Å². The molecule has 22 heavy (non-hydrogen) atoms. The van der Waals surface area contributed by atoms with E-state index in [0.29, 0.717) is 26.5 Å². The standard InChI is InChI=1S/C16H20INO3S/c1-9(2)20-15-18-13-12(21-16(3,4)5)7-6-10(11(19)8-17)14(13)22-15/h6-7,9H,8H2,1-5H3. The zero-order chi connectivity index (χ0) is 16.5. The number of carbonyl (C=O) groups is 1. The highest BCUT2D eigenvalue weighted by atomic mass is 127. The van der Waals surface area contributed by atoms with Gasteiger partial charge in [0.15, 0.2) is 5.78 Å². The van der Waals surface area contributed by atoms with Crippen LogP contribution in [0.5, 0.6) is 10.9 Å². The van der Waals surface area contributed by atoms with E-state index in [1.807, 2.05) is 46.8 Å². The van der Waals surface area contributed by atoms with Crippen LogP contribution in [0.3, 0.4) is 0 Å². The maximum Gasteiger partial charge on any atom is 0.274 e. The molecule has 120 valence electrons. The summed E-state index contributed by atoms with van der Waals surface area (Å²) in [5, 5.41) is 0.567. The monoisotopic (exact) mass is 433 g/mol. The van der Waals surface area contributed by atoms with Crippen molar-refractivity contribution in [2.45, 2.75) is 46.3 Å². The quantitative estimate of drug-likeness (QED) is 0.383. The fourth-order valence-corrected chi connectivity index (χ4v) is 3.42. The van der Waals surface area contributed by atoms with Crippen molar-refractivity contribution in [3.8, 4) is 10.9 Å². The lowest BCUT2D eigenvalue weighted by atomic mass is 10.1. The Morgan fingerprint density at radius 1 is 1.36 bits per heavy atom. The molecule has 0 aliphatic rings. The lowest BCUT2D eigenvalue weighted by Gasteiger charge is -2.21. The summed E-state index contributed by atoms with van der Waals surface area (Å²) in [5.74, 6) is 0.773. The number of rotatable bonds is 5. The summed E-state index contributed by atoms with van der Waals surface area (Å²) in [4.78, 5) is 16.7. The molecule has 0 bridgehead atoms. The first kappa shape index (κ1) is 17.5. The van der Waals surface area contributed by atoms with E-state index in [0.717, 1.165) is 4.70 Å². The maximum atomic E-state index is 12.1. The zero-order valence-corrected chi connectivity index (χ0v) is 16.4. The van der Waals surface area contributed by atoms with E-state index in [2.05, 4.69) is 27.6 Å². The van der Waals surface area contributed by atoms with E-state index in [1.165, 1.54) is 11.3 Å². The molecule has 0 atom stereocenters. The molecule has 1 aromatic heterocycles. The van der Waals surface area contributed by atoms with Gasteiger partial charge in [-0.05, 0) is 46.8 Å². The van der Waals surface area contributed by atoms with Crippen molar-refractivity contribution >= 4 is 49.9 Å². The molecule has 1 heterocycles. The molecule has 0 saturated heterocycles. The average molecular weight is 433 g/mol. The van der Waals surface area contributed by atoms with Crippen LogP contribution < -0.4 is 9.47 Å². The van der Waals surface area contributed by atoms with Gasteiger partial charge in [-0.1, -0.05) is 33.9 Å². The maximum absolute atomic E-state index is 12.1. The Kier molecular flexibility index (Phi) is 5.32. The number of halogens is 1. The van der Waals surface area contributed by atoms with Gasteiger partial charge in [-0.3, -0.25) is 4.79 Å². The SMILES string of the molecule is CC(C)Oc1nc2c(OC(C)(C)C)ccc(C(=O)CI)c2s1. The second-order valence-electron chi connectivity index (χ2n) is 6.21. The van der Waals surface area contributed by atoms with E-state index < -0.39 is 0 Å². The highest BCUT2D eigenvalue weighted by Gasteiger charge is 2.21. The van der Waals surface area contributed by atoms with Crippen molar-refractivity contribution in [2.75, 3.05) is 4.43 Å².